The maximum atomic E-state index is 10.7. The largest absolute Gasteiger partial charge is 0.399 e. The van der Waals surface area contributed by atoms with Gasteiger partial charge in [0.25, 0.3) is 5.69 Å². The summed E-state index contributed by atoms with van der Waals surface area (Å²) in [6.07, 6.45) is 1.12. The fraction of sp³-hybridized carbons (Fsp3) is 0.143. The van der Waals surface area contributed by atoms with E-state index in [1.54, 1.807) is 12.1 Å². The fourth-order valence-electron chi connectivity index (χ4n) is 1.83. The summed E-state index contributed by atoms with van der Waals surface area (Å²) in [7, 11) is 0. The second kappa shape index (κ2) is 5.88. The molecular weight excluding hydrogens is 270 g/mol. The van der Waals surface area contributed by atoms with Crippen LogP contribution in [0.1, 0.15) is 24.1 Å². The number of nitriles is 1. The summed E-state index contributed by atoms with van der Waals surface area (Å²) in [5, 5.41) is 22.8. The predicted octanol–water partition coefficient (Wildman–Crippen LogP) is 2.62. The monoisotopic (exact) mass is 283 g/mol. The standard InChI is InChI=1S/C14H13N5O2/c1-9(10-2-4-12(16)5-3-10)18-14-11(7-15)6-13(8-17-14)19(20)21/h2-6,8-9H,16H2,1H3,(H,17,18). The molecule has 2 aromatic rings. The lowest BCUT2D eigenvalue weighted by Gasteiger charge is -2.15. The Balaban J connectivity index is 2.25. The Kier molecular flexibility index (Phi) is 4.00. The molecule has 7 heteroatoms. The molecule has 1 aromatic heterocycles. The molecular formula is C14H13N5O2. The number of nitrogens with zero attached hydrogens (tertiary/aromatic N) is 3. The Bertz CT molecular complexity index is 706. The van der Waals surface area contributed by atoms with Gasteiger partial charge in [0.2, 0.25) is 0 Å². The molecule has 0 aliphatic carbocycles. The molecule has 1 aromatic carbocycles. The van der Waals surface area contributed by atoms with Gasteiger partial charge < -0.3 is 11.1 Å². The minimum Gasteiger partial charge on any atom is -0.399 e. The summed E-state index contributed by atoms with van der Waals surface area (Å²) in [4.78, 5) is 14.1. The van der Waals surface area contributed by atoms with Crippen LogP contribution in [0.25, 0.3) is 0 Å². The third-order valence-electron chi connectivity index (χ3n) is 2.99. The van der Waals surface area contributed by atoms with E-state index in [2.05, 4.69) is 10.3 Å². The van der Waals surface area contributed by atoms with Gasteiger partial charge >= 0.3 is 0 Å². The molecule has 1 atom stereocenters. The third-order valence-corrected chi connectivity index (χ3v) is 2.99. The second-order valence-corrected chi connectivity index (χ2v) is 4.49. The van der Waals surface area contributed by atoms with Crippen molar-refractivity contribution >= 4 is 17.2 Å². The molecule has 0 radical (unpaired) electrons. The van der Waals surface area contributed by atoms with E-state index in [0.717, 1.165) is 11.8 Å². The molecule has 0 bridgehead atoms. The van der Waals surface area contributed by atoms with E-state index in [4.69, 9.17) is 11.0 Å². The smallest absolute Gasteiger partial charge is 0.289 e. The summed E-state index contributed by atoms with van der Waals surface area (Å²) in [5.74, 6) is 0.312. The first kappa shape index (κ1) is 14.3. The summed E-state index contributed by atoms with van der Waals surface area (Å²) >= 11 is 0. The Labute approximate surface area is 121 Å². The predicted molar refractivity (Wildman–Crippen MR) is 78.5 cm³/mol. The molecule has 1 heterocycles. The zero-order chi connectivity index (χ0) is 15.4. The highest BCUT2D eigenvalue weighted by Gasteiger charge is 2.14. The summed E-state index contributed by atoms with van der Waals surface area (Å²) in [5.41, 5.74) is 7.18. The molecule has 0 saturated heterocycles. The molecule has 0 spiro atoms. The number of hydrogen-bond acceptors (Lipinski definition) is 6. The van der Waals surface area contributed by atoms with Crippen LogP contribution in [-0.4, -0.2) is 9.91 Å². The van der Waals surface area contributed by atoms with Crippen molar-refractivity contribution in [3.05, 3.63) is 57.8 Å². The topological polar surface area (TPSA) is 118 Å². The third kappa shape index (κ3) is 3.25. The van der Waals surface area contributed by atoms with Crippen LogP contribution >= 0.6 is 0 Å². The van der Waals surface area contributed by atoms with Crippen molar-refractivity contribution in [2.24, 2.45) is 0 Å². The van der Waals surface area contributed by atoms with Crippen LogP contribution < -0.4 is 11.1 Å². The van der Waals surface area contributed by atoms with Crippen LogP contribution in [-0.2, 0) is 0 Å². The van der Waals surface area contributed by atoms with E-state index in [0.29, 0.717) is 11.5 Å². The van der Waals surface area contributed by atoms with Crippen LogP contribution in [0.4, 0.5) is 17.2 Å². The lowest BCUT2D eigenvalue weighted by molar-refractivity contribution is -0.385. The van der Waals surface area contributed by atoms with Gasteiger partial charge in [0.1, 0.15) is 23.6 Å². The van der Waals surface area contributed by atoms with E-state index < -0.39 is 4.92 Å². The number of benzene rings is 1. The number of nitrogens with two attached hydrogens (primary N) is 1. The first-order valence-electron chi connectivity index (χ1n) is 6.17. The average molecular weight is 283 g/mol. The van der Waals surface area contributed by atoms with Gasteiger partial charge in [-0.15, -0.1) is 0 Å². The molecule has 2 rings (SSSR count). The van der Waals surface area contributed by atoms with Gasteiger partial charge in [-0.1, -0.05) is 12.1 Å². The number of anilines is 2. The second-order valence-electron chi connectivity index (χ2n) is 4.49. The van der Waals surface area contributed by atoms with Gasteiger partial charge in [0.05, 0.1) is 4.92 Å². The minimum atomic E-state index is -0.582. The maximum Gasteiger partial charge on any atom is 0.289 e. The van der Waals surface area contributed by atoms with Crippen LogP contribution in [0, 0.1) is 21.4 Å². The average Bonchev–Trinajstić information content (AvgIpc) is 2.48. The van der Waals surface area contributed by atoms with Gasteiger partial charge in [-0.2, -0.15) is 5.26 Å². The number of nitrogen functional groups attached to an aromatic ring is 1. The van der Waals surface area contributed by atoms with Crippen LogP contribution in [0.2, 0.25) is 0 Å². The van der Waals surface area contributed by atoms with Gasteiger partial charge in [0.15, 0.2) is 0 Å². The molecule has 3 N–H and O–H groups in total. The van der Waals surface area contributed by atoms with Crippen molar-refractivity contribution in [1.82, 2.24) is 4.98 Å². The van der Waals surface area contributed by atoms with E-state index in [9.17, 15) is 10.1 Å². The lowest BCUT2D eigenvalue weighted by Crippen LogP contribution is -2.09. The van der Waals surface area contributed by atoms with E-state index >= 15 is 0 Å². The molecule has 0 amide bonds. The van der Waals surface area contributed by atoms with Crippen molar-refractivity contribution < 1.29 is 4.92 Å². The SMILES string of the molecule is CC(Nc1ncc([N+](=O)[O-])cc1C#N)c1ccc(N)cc1. The number of aromatic nitrogens is 1. The number of hydrogen-bond donors (Lipinski definition) is 2. The molecule has 0 fully saturated rings. The number of pyridine rings is 1. The molecule has 0 aliphatic rings. The Morgan fingerprint density at radius 2 is 2.10 bits per heavy atom. The highest BCUT2D eigenvalue weighted by atomic mass is 16.6. The fourth-order valence-corrected chi connectivity index (χ4v) is 1.83. The van der Waals surface area contributed by atoms with Gasteiger partial charge in [-0.3, -0.25) is 10.1 Å². The number of nitro groups is 1. The van der Waals surface area contributed by atoms with E-state index in [1.807, 2.05) is 25.1 Å². The van der Waals surface area contributed by atoms with E-state index in [1.165, 1.54) is 6.07 Å². The van der Waals surface area contributed by atoms with Gasteiger partial charge in [-0.05, 0) is 24.6 Å². The van der Waals surface area contributed by atoms with Gasteiger partial charge in [-0.25, -0.2) is 4.98 Å². The quantitative estimate of drug-likeness (QED) is 0.506. The highest BCUT2D eigenvalue weighted by molar-refractivity contribution is 5.56. The highest BCUT2D eigenvalue weighted by Crippen LogP contribution is 2.23. The summed E-state index contributed by atoms with van der Waals surface area (Å²) in [6.45, 7) is 1.90. The van der Waals surface area contributed by atoms with Crippen LogP contribution in [0.15, 0.2) is 36.5 Å². The zero-order valence-corrected chi connectivity index (χ0v) is 11.3. The maximum absolute atomic E-state index is 10.7. The zero-order valence-electron chi connectivity index (χ0n) is 11.3. The van der Waals surface area contributed by atoms with Crippen molar-refractivity contribution in [2.45, 2.75) is 13.0 Å². The van der Waals surface area contributed by atoms with Crippen molar-refractivity contribution in [3.8, 4) is 6.07 Å². The first-order valence-corrected chi connectivity index (χ1v) is 6.17. The van der Waals surface area contributed by atoms with Crippen LogP contribution in [0.5, 0.6) is 0 Å². The molecule has 0 saturated carbocycles. The Morgan fingerprint density at radius 3 is 2.67 bits per heavy atom. The molecule has 0 aliphatic heterocycles. The van der Waals surface area contributed by atoms with E-state index in [-0.39, 0.29) is 17.3 Å². The minimum absolute atomic E-state index is 0.119. The summed E-state index contributed by atoms with van der Waals surface area (Å²) in [6, 6.07) is 10.3. The number of rotatable bonds is 4. The van der Waals surface area contributed by atoms with Crippen molar-refractivity contribution in [1.29, 1.82) is 5.26 Å². The normalized spacial score (nSPS) is 11.4. The molecule has 7 nitrogen and oxygen atoms in total. The van der Waals surface area contributed by atoms with Crippen molar-refractivity contribution in [2.75, 3.05) is 11.1 Å². The first-order chi connectivity index (χ1) is 10.0. The van der Waals surface area contributed by atoms with Crippen molar-refractivity contribution in [3.63, 3.8) is 0 Å². The summed E-state index contributed by atoms with van der Waals surface area (Å²) < 4.78 is 0. The molecule has 21 heavy (non-hydrogen) atoms. The molecule has 106 valence electrons. The Morgan fingerprint density at radius 1 is 1.43 bits per heavy atom. The lowest BCUT2D eigenvalue weighted by atomic mass is 10.1. The molecule has 1 unspecified atom stereocenters. The van der Waals surface area contributed by atoms with Crippen LogP contribution in [0.3, 0.4) is 0 Å². The number of nitrogens with one attached hydrogen (secondary N) is 1. The Hall–Kier alpha value is -3.14. The van der Waals surface area contributed by atoms with Gasteiger partial charge in [0, 0.05) is 17.8 Å².